The van der Waals surface area contributed by atoms with E-state index in [1.807, 2.05) is 104 Å². The van der Waals surface area contributed by atoms with Crippen LogP contribution in [0.5, 0.6) is 5.75 Å². The Morgan fingerprint density at radius 2 is 1.60 bits per heavy atom. The second-order valence-electron chi connectivity index (χ2n) is 10.6. The molecule has 1 aromatic heterocycles. The number of methoxy groups -OCH3 is 1. The Hall–Kier alpha value is -4.32. The maximum Gasteiger partial charge on any atom is 0.254 e. The number of nitrogens with zero attached hydrogens (tertiary/aromatic N) is 3. The van der Waals surface area contributed by atoms with Gasteiger partial charge in [-0.25, -0.2) is 0 Å². The third-order valence-electron chi connectivity index (χ3n) is 7.63. The first-order valence-electron chi connectivity index (χ1n) is 14.1. The molecule has 2 heterocycles. The minimum absolute atomic E-state index is 0.0320. The molecule has 40 heavy (non-hydrogen) atoms. The number of para-hydroxylation sites is 2. The van der Waals surface area contributed by atoms with Crippen LogP contribution >= 0.6 is 0 Å². The van der Waals surface area contributed by atoms with E-state index in [0.717, 1.165) is 47.6 Å². The molecule has 0 fully saturated rings. The number of carbonyl (C=O) groups excluding carboxylic acids is 2. The van der Waals surface area contributed by atoms with E-state index in [9.17, 15) is 9.59 Å². The van der Waals surface area contributed by atoms with Gasteiger partial charge in [0.25, 0.3) is 5.91 Å². The minimum atomic E-state index is -0.356. The summed E-state index contributed by atoms with van der Waals surface area (Å²) in [7, 11) is 1.64. The van der Waals surface area contributed by atoms with E-state index >= 15 is 0 Å². The molecule has 1 aliphatic rings. The Kier molecular flexibility index (Phi) is 8.06. The first-order chi connectivity index (χ1) is 19.4. The minimum Gasteiger partial charge on any atom is -0.497 e. The molecule has 0 bridgehead atoms. The highest BCUT2D eigenvalue weighted by atomic mass is 16.5. The molecule has 6 nitrogen and oxygen atoms in total. The third-order valence-corrected chi connectivity index (χ3v) is 7.63. The van der Waals surface area contributed by atoms with Crippen LogP contribution in [0, 0.1) is 0 Å². The molecule has 6 heteroatoms. The number of anilines is 1. The van der Waals surface area contributed by atoms with Crippen LogP contribution < -0.4 is 9.64 Å². The number of amides is 2. The van der Waals surface area contributed by atoms with E-state index in [4.69, 9.17) is 4.74 Å². The van der Waals surface area contributed by atoms with Crippen molar-refractivity contribution < 1.29 is 14.3 Å². The predicted molar refractivity (Wildman–Crippen MR) is 159 cm³/mol. The first-order valence-corrected chi connectivity index (χ1v) is 14.1. The van der Waals surface area contributed by atoms with Crippen LogP contribution in [0.3, 0.4) is 0 Å². The summed E-state index contributed by atoms with van der Waals surface area (Å²) in [5, 5.41) is 0. The Morgan fingerprint density at radius 3 is 2.25 bits per heavy atom. The number of aryl methyl sites for hydroxylation is 1. The lowest BCUT2D eigenvalue weighted by molar-refractivity contribution is -0.120. The van der Waals surface area contributed by atoms with Crippen molar-refractivity contribution in [1.82, 2.24) is 9.47 Å². The molecular formula is C34H37N3O3. The van der Waals surface area contributed by atoms with E-state index in [0.29, 0.717) is 5.56 Å². The molecule has 0 saturated carbocycles. The van der Waals surface area contributed by atoms with E-state index < -0.39 is 0 Å². The fourth-order valence-corrected chi connectivity index (χ4v) is 5.44. The van der Waals surface area contributed by atoms with Crippen LogP contribution in [0.15, 0.2) is 91.1 Å². The quantitative estimate of drug-likeness (QED) is 0.236. The summed E-state index contributed by atoms with van der Waals surface area (Å²) in [6, 6.07) is 27.1. The van der Waals surface area contributed by atoms with Gasteiger partial charge in [0.2, 0.25) is 5.91 Å². The van der Waals surface area contributed by atoms with Crippen LogP contribution in [0.1, 0.15) is 66.8 Å². The van der Waals surface area contributed by atoms with Gasteiger partial charge in [0.1, 0.15) is 18.3 Å². The summed E-state index contributed by atoms with van der Waals surface area (Å²) in [6.07, 6.45) is 5.28. The fraction of sp³-hybridized carbons (Fsp3) is 0.294. The lowest BCUT2D eigenvalue weighted by Gasteiger charge is -2.40. The number of fused-ring (bicyclic) bond motifs is 3. The number of ether oxygens (including phenoxy) is 1. The molecule has 0 aliphatic carbocycles. The van der Waals surface area contributed by atoms with E-state index in [2.05, 4.69) is 17.6 Å². The second-order valence-corrected chi connectivity index (χ2v) is 10.6. The normalized spacial score (nSPS) is 14.0. The SMILES string of the molecule is CCCCc1ccc(C(=O)N(CC(=O)N2c3ccccc3-n3cccc3C2c2ccc(OC)cc2)C(C)C)cc1. The van der Waals surface area contributed by atoms with Crippen LogP contribution in [-0.2, 0) is 11.2 Å². The summed E-state index contributed by atoms with van der Waals surface area (Å²) in [5.41, 5.74) is 5.53. The van der Waals surface area contributed by atoms with Crippen molar-refractivity contribution >= 4 is 17.5 Å². The van der Waals surface area contributed by atoms with Gasteiger partial charge in [0.15, 0.2) is 0 Å². The summed E-state index contributed by atoms with van der Waals surface area (Å²) in [4.78, 5) is 31.5. The summed E-state index contributed by atoms with van der Waals surface area (Å²) in [5.74, 6) is 0.480. The number of benzene rings is 3. The van der Waals surface area contributed by atoms with Gasteiger partial charge in [-0.15, -0.1) is 0 Å². The Bertz CT molecular complexity index is 1470. The molecule has 5 rings (SSSR count). The van der Waals surface area contributed by atoms with Crippen molar-refractivity contribution in [3.8, 4) is 11.4 Å². The molecular weight excluding hydrogens is 498 g/mol. The highest BCUT2D eigenvalue weighted by molar-refractivity contribution is 6.02. The molecule has 2 amide bonds. The molecule has 3 aromatic carbocycles. The average Bonchev–Trinajstić information content (AvgIpc) is 3.48. The smallest absolute Gasteiger partial charge is 0.254 e. The van der Waals surface area contributed by atoms with Crippen molar-refractivity contribution in [3.05, 3.63) is 114 Å². The Balaban J connectivity index is 1.49. The maximum atomic E-state index is 14.3. The highest BCUT2D eigenvalue weighted by Crippen LogP contribution is 2.42. The van der Waals surface area contributed by atoms with Crippen LogP contribution in [0.4, 0.5) is 5.69 Å². The van der Waals surface area contributed by atoms with Crippen molar-refractivity contribution in [2.75, 3.05) is 18.6 Å². The highest BCUT2D eigenvalue weighted by Gasteiger charge is 2.37. The average molecular weight is 536 g/mol. The van der Waals surface area contributed by atoms with Gasteiger partial charge in [-0.2, -0.15) is 0 Å². The molecule has 1 unspecified atom stereocenters. The summed E-state index contributed by atoms with van der Waals surface area (Å²) >= 11 is 0. The van der Waals surface area contributed by atoms with Gasteiger partial charge < -0.3 is 14.2 Å². The van der Waals surface area contributed by atoms with Crippen molar-refractivity contribution in [2.45, 2.75) is 52.1 Å². The zero-order valence-corrected chi connectivity index (χ0v) is 23.7. The molecule has 0 N–H and O–H groups in total. The zero-order valence-electron chi connectivity index (χ0n) is 23.7. The lowest BCUT2D eigenvalue weighted by Crippen LogP contribution is -2.48. The van der Waals surface area contributed by atoms with Crippen LogP contribution in [-0.4, -0.2) is 41.0 Å². The number of aromatic nitrogens is 1. The standard InChI is InChI=1S/C34H37N3O3/c1-5-6-10-25-14-16-27(17-15-25)34(39)36(24(2)3)23-32(38)37-30-12-8-7-11-29(30)35-22-9-13-31(35)33(37)26-18-20-28(40-4)21-19-26/h7-9,11-22,24,33H,5-6,10,23H2,1-4H3. The van der Waals surface area contributed by atoms with Gasteiger partial charge in [-0.1, -0.05) is 49.7 Å². The number of hydrogen-bond donors (Lipinski definition) is 0. The van der Waals surface area contributed by atoms with Crippen molar-refractivity contribution in [2.24, 2.45) is 0 Å². The van der Waals surface area contributed by atoms with Crippen LogP contribution in [0.2, 0.25) is 0 Å². The van der Waals surface area contributed by atoms with Gasteiger partial charge >= 0.3 is 0 Å². The van der Waals surface area contributed by atoms with Gasteiger partial charge in [-0.05, 0) is 86.3 Å². The molecule has 0 radical (unpaired) electrons. The van der Waals surface area contributed by atoms with E-state index in [1.165, 1.54) is 5.56 Å². The topological polar surface area (TPSA) is 54.8 Å². The maximum absolute atomic E-state index is 14.3. The Labute approximate surface area is 236 Å². The summed E-state index contributed by atoms with van der Waals surface area (Å²) in [6.45, 7) is 6.05. The number of unbranched alkanes of at least 4 members (excludes halogenated alkanes) is 1. The van der Waals surface area contributed by atoms with Crippen LogP contribution in [0.25, 0.3) is 5.69 Å². The monoisotopic (exact) mass is 535 g/mol. The number of carbonyl (C=O) groups is 2. The number of hydrogen-bond acceptors (Lipinski definition) is 3. The molecule has 4 aromatic rings. The van der Waals surface area contributed by atoms with Gasteiger partial charge in [0, 0.05) is 17.8 Å². The molecule has 0 saturated heterocycles. The molecule has 1 atom stereocenters. The molecule has 0 spiro atoms. The summed E-state index contributed by atoms with van der Waals surface area (Å²) < 4.78 is 7.52. The van der Waals surface area contributed by atoms with Gasteiger partial charge in [-0.3, -0.25) is 14.5 Å². The largest absolute Gasteiger partial charge is 0.497 e. The second kappa shape index (κ2) is 11.8. The molecule has 206 valence electrons. The van der Waals surface area contributed by atoms with Crippen molar-refractivity contribution in [3.63, 3.8) is 0 Å². The van der Waals surface area contributed by atoms with Crippen molar-refractivity contribution in [1.29, 1.82) is 0 Å². The molecule has 1 aliphatic heterocycles. The van der Waals surface area contributed by atoms with E-state index in [1.54, 1.807) is 12.0 Å². The predicted octanol–water partition coefficient (Wildman–Crippen LogP) is 6.82. The zero-order chi connectivity index (χ0) is 28.2. The third kappa shape index (κ3) is 5.26. The van der Waals surface area contributed by atoms with Gasteiger partial charge in [0.05, 0.1) is 24.2 Å². The Morgan fingerprint density at radius 1 is 0.900 bits per heavy atom. The fourth-order valence-electron chi connectivity index (χ4n) is 5.44. The van der Waals surface area contributed by atoms with E-state index in [-0.39, 0.29) is 30.4 Å². The lowest BCUT2D eigenvalue weighted by atomic mass is 9.97. The first kappa shape index (κ1) is 27.3. The number of rotatable bonds is 9.